The lowest BCUT2D eigenvalue weighted by Gasteiger charge is -2.17. The van der Waals surface area contributed by atoms with Crippen LogP contribution in [0.15, 0.2) is 9.59 Å². The highest BCUT2D eigenvalue weighted by atomic mass is 32.2. The van der Waals surface area contributed by atoms with Gasteiger partial charge in [-0.2, -0.15) is 4.31 Å². The van der Waals surface area contributed by atoms with Crippen LogP contribution in [0.1, 0.15) is 19.4 Å². The van der Waals surface area contributed by atoms with Gasteiger partial charge < -0.3 is 5.11 Å². The molecular weight excluding hydrogens is 234 g/mol. The normalized spacial score (nSPS) is 12.3. The summed E-state index contributed by atoms with van der Waals surface area (Å²) in [6, 6.07) is 0. The molecule has 4 nitrogen and oxygen atoms in total. The Hall–Kier alpha value is -0.590. The van der Waals surface area contributed by atoms with Crippen LogP contribution in [0.4, 0.5) is 0 Å². The number of aryl methyl sites for hydroxylation is 1. The van der Waals surface area contributed by atoms with Gasteiger partial charge in [0.05, 0.1) is 0 Å². The minimum atomic E-state index is -3.51. The zero-order valence-electron chi connectivity index (χ0n) is 9.02. The molecule has 0 radical (unpaired) electrons. The van der Waals surface area contributed by atoms with Crippen molar-refractivity contribution in [2.75, 3.05) is 13.1 Å². The third-order valence-electron chi connectivity index (χ3n) is 2.19. The van der Waals surface area contributed by atoms with Gasteiger partial charge in [-0.1, -0.05) is 13.8 Å². The summed E-state index contributed by atoms with van der Waals surface area (Å²) in [5, 5.41) is 11.3. The third kappa shape index (κ3) is 2.16. The lowest BCUT2D eigenvalue weighted by atomic mass is 10.4. The zero-order valence-corrected chi connectivity index (χ0v) is 10.7. The molecule has 15 heavy (non-hydrogen) atoms. The minimum Gasteiger partial charge on any atom is -0.505 e. The van der Waals surface area contributed by atoms with Gasteiger partial charge in [0.2, 0.25) is 0 Å². The quantitative estimate of drug-likeness (QED) is 0.885. The summed E-state index contributed by atoms with van der Waals surface area (Å²) in [6.07, 6.45) is 0. The second-order valence-electron chi connectivity index (χ2n) is 3.14. The van der Waals surface area contributed by atoms with Crippen LogP contribution < -0.4 is 0 Å². The van der Waals surface area contributed by atoms with E-state index in [1.165, 1.54) is 4.31 Å². The number of sulfonamides is 1. The zero-order chi connectivity index (χ0) is 11.6. The van der Waals surface area contributed by atoms with Gasteiger partial charge in [-0.25, -0.2) is 8.42 Å². The first-order valence-electron chi connectivity index (χ1n) is 4.72. The van der Waals surface area contributed by atoms with Crippen molar-refractivity contribution in [1.29, 1.82) is 0 Å². The highest BCUT2D eigenvalue weighted by molar-refractivity contribution is 7.91. The largest absolute Gasteiger partial charge is 0.505 e. The van der Waals surface area contributed by atoms with Crippen LogP contribution >= 0.6 is 11.3 Å². The van der Waals surface area contributed by atoms with Gasteiger partial charge in [0.25, 0.3) is 10.0 Å². The lowest BCUT2D eigenvalue weighted by molar-refractivity contribution is 0.432. The van der Waals surface area contributed by atoms with Crippen molar-refractivity contribution < 1.29 is 13.5 Å². The van der Waals surface area contributed by atoms with Crippen LogP contribution in [-0.2, 0) is 10.0 Å². The average molecular weight is 249 g/mol. The van der Waals surface area contributed by atoms with Crippen LogP contribution in [0.3, 0.4) is 0 Å². The molecule has 1 rings (SSSR count). The first-order chi connectivity index (χ1) is 6.95. The minimum absolute atomic E-state index is 0.0451. The number of nitrogens with zero attached hydrogens (tertiary/aromatic N) is 1. The molecule has 86 valence electrons. The highest BCUT2D eigenvalue weighted by Crippen LogP contribution is 2.34. The van der Waals surface area contributed by atoms with Crippen LogP contribution in [0.25, 0.3) is 0 Å². The second kappa shape index (κ2) is 4.51. The Bertz CT molecular complexity index is 432. The molecular formula is C9H15NO3S2. The fourth-order valence-corrected chi connectivity index (χ4v) is 4.21. The summed E-state index contributed by atoms with van der Waals surface area (Å²) in [7, 11) is -3.51. The fourth-order valence-electron chi connectivity index (χ4n) is 1.28. The van der Waals surface area contributed by atoms with E-state index in [2.05, 4.69) is 0 Å². The molecule has 0 atom stereocenters. The van der Waals surface area contributed by atoms with E-state index in [4.69, 9.17) is 0 Å². The number of hydrogen-bond donors (Lipinski definition) is 1. The third-order valence-corrected chi connectivity index (χ3v) is 5.85. The van der Waals surface area contributed by atoms with E-state index in [9.17, 15) is 13.5 Å². The molecule has 0 aliphatic heterocycles. The SMILES string of the molecule is CCN(CC)S(=O)(=O)c1scc(C)c1O. The number of aromatic hydroxyl groups is 1. The van der Waals surface area contributed by atoms with Crippen LogP contribution in [0, 0.1) is 6.92 Å². The summed E-state index contributed by atoms with van der Waals surface area (Å²) in [4.78, 5) is 0. The maximum absolute atomic E-state index is 12.0. The Morgan fingerprint density at radius 3 is 2.27 bits per heavy atom. The first-order valence-corrected chi connectivity index (χ1v) is 7.04. The molecule has 6 heteroatoms. The molecule has 0 bridgehead atoms. The summed E-state index contributed by atoms with van der Waals surface area (Å²) >= 11 is 1.06. The van der Waals surface area contributed by atoms with Crippen molar-refractivity contribution in [2.45, 2.75) is 25.0 Å². The molecule has 1 N–H and O–H groups in total. The van der Waals surface area contributed by atoms with E-state index < -0.39 is 10.0 Å². The molecule has 1 heterocycles. The van der Waals surface area contributed by atoms with Crippen LogP contribution in [0.2, 0.25) is 0 Å². The van der Waals surface area contributed by atoms with E-state index in [0.717, 1.165) is 11.3 Å². The molecule has 0 saturated heterocycles. The Labute approximate surface area is 94.2 Å². The molecule has 0 amide bonds. The van der Waals surface area contributed by atoms with Gasteiger partial charge in [-0.3, -0.25) is 0 Å². The lowest BCUT2D eigenvalue weighted by Crippen LogP contribution is -2.30. The molecule has 0 aromatic carbocycles. The molecule has 0 fully saturated rings. The van der Waals surface area contributed by atoms with Gasteiger partial charge >= 0.3 is 0 Å². The monoisotopic (exact) mass is 249 g/mol. The van der Waals surface area contributed by atoms with Crippen molar-refractivity contribution in [3.63, 3.8) is 0 Å². The number of rotatable bonds is 4. The second-order valence-corrected chi connectivity index (χ2v) is 6.16. The van der Waals surface area contributed by atoms with Gasteiger partial charge in [0.15, 0.2) is 4.21 Å². The van der Waals surface area contributed by atoms with Crippen LogP contribution in [0.5, 0.6) is 5.75 Å². The van der Waals surface area contributed by atoms with Gasteiger partial charge in [-0.15, -0.1) is 11.3 Å². The molecule has 0 unspecified atom stereocenters. The molecule has 1 aromatic heterocycles. The Morgan fingerprint density at radius 1 is 1.40 bits per heavy atom. The predicted octanol–water partition coefficient (Wildman–Crippen LogP) is 1.79. The summed E-state index contributed by atoms with van der Waals surface area (Å²) in [5.41, 5.74) is 0.603. The van der Waals surface area contributed by atoms with Crippen molar-refractivity contribution in [1.82, 2.24) is 4.31 Å². The molecule has 0 aliphatic rings. The van der Waals surface area contributed by atoms with Crippen molar-refractivity contribution in [3.05, 3.63) is 10.9 Å². The summed E-state index contributed by atoms with van der Waals surface area (Å²) in [6.45, 7) is 6.06. The summed E-state index contributed by atoms with van der Waals surface area (Å²) in [5.74, 6) is -0.119. The molecule has 1 aromatic rings. The van der Waals surface area contributed by atoms with E-state index in [-0.39, 0.29) is 9.96 Å². The van der Waals surface area contributed by atoms with E-state index in [1.807, 2.05) is 0 Å². The smallest absolute Gasteiger partial charge is 0.256 e. The topological polar surface area (TPSA) is 57.6 Å². The van der Waals surface area contributed by atoms with Crippen LogP contribution in [-0.4, -0.2) is 30.9 Å². The van der Waals surface area contributed by atoms with Gasteiger partial charge in [-0.05, 0) is 12.3 Å². The van der Waals surface area contributed by atoms with Crippen molar-refractivity contribution in [2.24, 2.45) is 0 Å². The first kappa shape index (κ1) is 12.5. The molecule has 0 saturated carbocycles. The average Bonchev–Trinajstić information content (AvgIpc) is 2.49. The Balaban J connectivity index is 3.22. The molecule has 0 aliphatic carbocycles. The highest BCUT2D eigenvalue weighted by Gasteiger charge is 2.27. The standard InChI is InChI=1S/C9H15NO3S2/c1-4-10(5-2)15(12,13)9-8(11)7(3)6-14-9/h6,11H,4-5H2,1-3H3. The van der Waals surface area contributed by atoms with Gasteiger partial charge in [0.1, 0.15) is 5.75 Å². The van der Waals surface area contributed by atoms with E-state index >= 15 is 0 Å². The van der Waals surface area contributed by atoms with E-state index in [1.54, 1.807) is 26.2 Å². The maximum atomic E-state index is 12.0. The van der Waals surface area contributed by atoms with Crippen molar-refractivity contribution in [3.8, 4) is 5.75 Å². The number of thiophene rings is 1. The summed E-state index contributed by atoms with van der Waals surface area (Å²) < 4.78 is 25.4. The van der Waals surface area contributed by atoms with E-state index in [0.29, 0.717) is 18.7 Å². The Kier molecular flexibility index (Phi) is 3.75. The van der Waals surface area contributed by atoms with Gasteiger partial charge in [0, 0.05) is 18.7 Å². The number of hydrogen-bond acceptors (Lipinski definition) is 4. The maximum Gasteiger partial charge on any atom is 0.256 e. The fraction of sp³-hybridized carbons (Fsp3) is 0.556. The Morgan fingerprint density at radius 2 is 1.93 bits per heavy atom. The van der Waals surface area contributed by atoms with Crippen molar-refractivity contribution >= 4 is 21.4 Å². The predicted molar refractivity (Wildman–Crippen MR) is 60.8 cm³/mol. The molecule has 0 spiro atoms.